The number of hydrogen-bond acceptors (Lipinski definition) is 2. The van der Waals surface area contributed by atoms with Crippen molar-refractivity contribution in [3.8, 4) is 0 Å². The summed E-state index contributed by atoms with van der Waals surface area (Å²) < 4.78 is 0.931. The maximum Gasteiger partial charge on any atom is 0.0931 e. The molecule has 3 heteroatoms. The van der Waals surface area contributed by atoms with Gasteiger partial charge in [-0.3, -0.25) is 0 Å². The van der Waals surface area contributed by atoms with E-state index in [1.54, 1.807) is 11.3 Å². The summed E-state index contributed by atoms with van der Waals surface area (Å²) in [4.78, 5) is 1.46. The lowest BCUT2D eigenvalue weighted by Crippen LogP contribution is -2.38. The van der Waals surface area contributed by atoms with Gasteiger partial charge < -0.3 is 5.32 Å². The Hall–Kier alpha value is -0.0500. The maximum absolute atomic E-state index is 6.06. The lowest BCUT2D eigenvalue weighted by atomic mass is 9.79. The van der Waals surface area contributed by atoms with E-state index in [4.69, 9.17) is 11.6 Å². The predicted molar refractivity (Wildman–Crippen MR) is 79.4 cm³/mol. The molecule has 2 saturated carbocycles. The van der Waals surface area contributed by atoms with E-state index < -0.39 is 0 Å². The largest absolute Gasteiger partial charge is 0.314 e. The van der Waals surface area contributed by atoms with Gasteiger partial charge in [0.25, 0.3) is 0 Å². The molecular weight excluding hydrogens is 262 g/mol. The molecule has 0 saturated heterocycles. The van der Waals surface area contributed by atoms with Crippen molar-refractivity contribution in [1.82, 2.24) is 5.32 Å². The first-order valence-corrected chi connectivity index (χ1v) is 8.23. The van der Waals surface area contributed by atoms with E-state index in [1.807, 2.05) is 6.07 Å². The number of rotatable bonds is 5. The van der Waals surface area contributed by atoms with Crippen molar-refractivity contribution in [3.63, 3.8) is 0 Å². The van der Waals surface area contributed by atoms with Gasteiger partial charge in [-0.2, -0.15) is 0 Å². The Kier molecular flexibility index (Phi) is 3.46. The van der Waals surface area contributed by atoms with Crippen LogP contribution in [0.1, 0.15) is 38.0 Å². The van der Waals surface area contributed by atoms with Crippen LogP contribution < -0.4 is 5.32 Å². The highest BCUT2D eigenvalue weighted by atomic mass is 35.5. The van der Waals surface area contributed by atoms with Gasteiger partial charge in [0.05, 0.1) is 4.34 Å². The third-order valence-electron chi connectivity index (χ3n) is 4.52. The molecule has 1 heterocycles. The average Bonchev–Trinajstić information content (AvgIpc) is 2.72. The van der Waals surface area contributed by atoms with Crippen LogP contribution >= 0.6 is 22.9 Å². The van der Waals surface area contributed by atoms with E-state index >= 15 is 0 Å². The van der Waals surface area contributed by atoms with Crippen LogP contribution in [0.4, 0.5) is 0 Å². The van der Waals surface area contributed by atoms with Gasteiger partial charge in [-0.15, -0.1) is 11.3 Å². The lowest BCUT2D eigenvalue weighted by molar-refractivity contribution is 0.243. The highest BCUT2D eigenvalue weighted by molar-refractivity contribution is 7.16. The molecule has 0 amide bonds. The summed E-state index contributed by atoms with van der Waals surface area (Å²) in [5.74, 6) is 2.07. The van der Waals surface area contributed by atoms with Gasteiger partial charge in [-0.25, -0.2) is 0 Å². The zero-order chi connectivity index (χ0) is 12.8. The molecule has 2 fully saturated rings. The summed E-state index contributed by atoms with van der Waals surface area (Å²) in [6.07, 6.45) is 5.56. The molecular formula is C15H22ClNS. The molecule has 1 N–H and O–H groups in total. The van der Waals surface area contributed by atoms with Crippen molar-refractivity contribution >= 4 is 22.9 Å². The first-order valence-electron chi connectivity index (χ1n) is 7.04. The Morgan fingerprint density at radius 1 is 1.39 bits per heavy atom. The second-order valence-corrected chi connectivity index (χ2v) is 8.38. The Labute approximate surface area is 119 Å². The van der Waals surface area contributed by atoms with Crippen LogP contribution in [0.5, 0.6) is 0 Å². The number of nitrogens with one attached hydrogen (secondary N) is 1. The van der Waals surface area contributed by atoms with Crippen LogP contribution in [-0.2, 0) is 6.42 Å². The Bertz CT molecular complexity index is 416. The van der Waals surface area contributed by atoms with Crippen LogP contribution in [0, 0.1) is 17.3 Å². The van der Waals surface area contributed by atoms with E-state index in [-0.39, 0.29) is 0 Å². The Morgan fingerprint density at radius 2 is 2.11 bits per heavy atom. The molecule has 1 nitrogen and oxygen atoms in total. The summed E-state index contributed by atoms with van der Waals surface area (Å²) in [6, 6.07) is 4.85. The van der Waals surface area contributed by atoms with Crippen LogP contribution in [0.3, 0.4) is 0 Å². The molecule has 0 aliphatic heterocycles. The molecule has 3 rings (SSSR count). The zero-order valence-electron chi connectivity index (χ0n) is 11.2. The quantitative estimate of drug-likeness (QED) is 0.847. The molecule has 0 bridgehead atoms. The minimum absolute atomic E-state index is 0.506. The third kappa shape index (κ3) is 2.76. The number of fused-ring (bicyclic) bond motifs is 1. The first-order chi connectivity index (χ1) is 8.56. The number of halogens is 1. The lowest BCUT2D eigenvalue weighted by Gasteiger charge is -2.32. The minimum Gasteiger partial charge on any atom is -0.314 e. The molecule has 0 spiro atoms. The Morgan fingerprint density at radius 3 is 2.67 bits per heavy atom. The van der Waals surface area contributed by atoms with Gasteiger partial charge in [-0.1, -0.05) is 25.4 Å². The van der Waals surface area contributed by atoms with Gasteiger partial charge >= 0.3 is 0 Å². The molecule has 1 aromatic rings. The van der Waals surface area contributed by atoms with E-state index in [0.29, 0.717) is 11.5 Å². The number of hydrogen-bond donors (Lipinski definition) is 1. The summed E-state index contributed by atoms with van der Waals surface area (Å²) in [5.41, 5.74) is 0.506. The van der Waals surface area contributed by atoms with Crippen LogP contribution in [0.15, 0.2) is 12.1 Å². The fraction of sp³-hybridized carbons (Fsp3) is 0.733. The summed E-state index contributed by atoms with van der Waals surface area (Å²) in [5, 5.41) is 3.67. The second-order valence-electron chi connectivity index (χ2n) is 6.58. The predicted octanol–water partition coefficient (Wildman–Crippen LogP) is 4.36. The first kappa shape index (κ1) is 13.0. The molecule has 0 radical (unpaired) electrons. The topological polar surface area (TPSA) is 12.0 Å². The van der Waals surface area contributed by atoms with Crippen LogP contribution in [0.2, 0.25) is 4.34 Å². The van der Waals surface area contributed by atoms with E-state index in [0.717, 1.165) is 16.2 Å². The molecule has 2 aliphatic carbocycles. The maximum atomic E-state index is 6.06. The minimum atomic E-state index is 0.506. The summed E-state index contributed by atoms with van der Waals surface area (Å²) >= 11 is 7.82. The van der Waals surface area contributed by atoms with E-state index in [9.17, 15) is 0 Å². The summed E-state index contributed by atoms with van der Waals surface area (Å²) in [6.45, 7) is 5.66. The van der Waals surface area contributed by atoms with Gasteiger partial charge in [0.1, 0.15) is 0 Å². The van der Waals surface area contributed by atoms with Crippen molar-refractivity contribution in [2.24, 2.45) is 17.3 Å². The normalized spacial score (nSPS) is 34.0. The average molecular weight is 284 g/mol. The molecule has 100 valence electrons. The van der Waals surface area contributed by atoms with Crippen molar-refractivity contribution in [3.05, 3.63) is 21.3 Å². The second kappa shape index (κ2) is 4.81. The van der Waals surface area contributed by atoms with Gasteiger partial charge in [0.2, 0.25) is 0 Å². The van der Waals surface area contributed by atoms with E-state index in [1.165, 1.54) is 37.1 Å². The highest BCUT2D eigenvalue weighted by Crippen LogP contribution is 2.60. The molecule has 18 heavy (non-hydrogen) atoms. The molecule has 2 aliphatic rings. The van der Waals surface area contributed by atoms with E-state index in [2.05, 4.69) is 25.2 Å². The van der Waals surface area contributed by atoms with Gasteiger partial charge in [-0.05, 0) is 55.1 Å². The monoisotopic (exact) mass is 283 g/mol. The third-order valence-corrected chi connectivity index (χ3v) is 5.75. The SMILES string of the molecule is CC(C)NCC1(Cc2ccc(Cl)s2)CC2CC2C1. The number of thiophene rings is 1. The van der Waals surface area contributed by atoms with Crippen molar-refractivity contribution in [1.29, 1.82) is 0 Å². The van der Waals surface area contributed by atoms with Crippen LogP contribution in [0.25, 0.3) is 0 Å². The zero-order valence-corrected chi connectivity index (χ0v) is 12.8. The van der Waals surface area contributed by atoms with Gasteiger partial charge in [0.15, 0.2) is 0 Å². The molecule has 1 aromatic heterocycles. The standard InChI is InChI=1S/C15H22ClNS/c1-10(2)17-9-15(6-11-5-12(11)7-15)8-13-3-4-14(16)18-13/h3-4,10-12,17H,5-9H2,1-2H3. The van der Waals surface area contributed by atoms with Crippen LogP contribution in [-0.4, -0.2) is 12.6 Å². The van der Waals surface area contributed by atoms with Crippen molar-refractivity contribution < 1.29 is 0 Å². The van der Waals surface area contributed by atoms with Crippen molar-refractivity contribution in [2.45, 2.75) is 45.6 Å². The summed E-state index contributed by atoms with van der Waals surface area (Å²) in [7, 11) is 0. The molecule has 2 atom stereocenters. The molecule has 0 aromatic carbocycles. The Balaban J connectivity index is 1.69. The fourth-order valence-corrected chi connectivity index (χ4v) is 4.86. The molecule has 2 unspecified atom stereocenters. The smallest absolute Gasteiger partial charge is 0.0931 e. The van der Waals surface area contributed by atoms with Gasteiger partial charge in [0, 0.05) is 17.5 Å². The van der Waals surface area contributed by atoms with Crippen molar-refractivity contribution in [2.75, 3.05) is 6.54 Å². The fourth-order valence-electron chi connectivity index (χ4n) is 3.59. The highest BCUT2D eigenvalue weighted by Gasteiger charge is 2.53.